The number of nitrogens with one attached hydrogen (secondary N) is 2. The molecule has 0 atom stereocenters. The van der Waals surface area contributed by atoms with Gasteiger partial charge in [-0.25, -0.2) is 4.99 Å². The van der Waals surface area contributed by atoms with Crippen LogP contribution in [-0.2, 0) is 13.0 Å². The number of thiophene rings is 1. The fourth-order valence-electron chi connectivity index (χ4n) is 2.08. The summed E-state index contributed by atoms with van der Waals surface area (Å²) in [5, 5.41) is 8.76. The van der Waals surface area contributed by atoms with E-state index in [1.165, 1.54) is 4.88 Å². The van der Waals surface area contributed by atoms with Crippen molar-refractivity contribution in [2.75, 3.05) is 20.2 Å². The van der Waals surface area contributed by atoms with Gasteiger partial charge in [-0.15, -0.1) is 35.3 Å². The Kier molecular flexibility index (Phi) is 10.4. The van der Waals surface area contributed by atoms with Gasteiger partial charge in [0, 0.05) is 18.0 Å². The minimum absolute atomic E-state index is 0. The molecule has 0 saturated heterocycles. The van der Waals surface area contributed by atoms with E-state index in [9.17, 15) is 0 Å². The second-order valence-corrected chi connectivity index (χ2v) is 6.81. The van der Waals surface area contributed by atoms with Crippen LogP contribution in [-0.4, -0.2) is 26.2 Å². The zero-order valence-electron chi connectivity index (χ0n) is 13.8. The van der Waals surface area contributed by atoms with Crippen molar-refractivity contribution in [2.24, 2.45) is 4.99 Å². The second kappa shape index (κ2) is 11.7. The van der Waals surface area contributed by atoms with E-state index < -0.39 is 0 Å². The first-order chi connectivity index (χ1) is 11.2. The molecule has 0 radical (unpaired) electrons. The number of hydrogen-bond acceptors (Lipinski definition) is 3. The number of halogens is 2. The lowest BCUT2D eigenvalue weighted by atomic mass is 10.2. The molecule has 0 spiro atoms. The van der Waals surface area contributed by atoms with E-state index in [0.717, 1.165) is 41.3 Å². The van der Waals surface area contributed by atoms with E-state index in [-0.39, 0.29) is 24.0 Å². The van der Waals surface area contributed by atoms with Gasteiger partial charge < -0.3 is 15.4 Å². The van der Waals surface area contributed by atoms with Crippen molar-refractivity contribution in [1.29, 1.82) is 0 Å². The molecular weight excluding hydrogens is 501 g/mol. The number of nitrogens with zero attached hydrogens (tertiary/aromatic N) is 1. The van der Waals surface area contributed by atoms with Crippen molar-refractivity contribution in [1.82, 2.24) is 10.6 Å². The van der Waals surface area contributed by atoms with Crippen LogP contribution in [0.15, 0.2) is 45.2 Å². The average molecular weight is 524 g/mol. The van der Waals surface area contributed by atoms with Crippen molar-refractivity contribution in [2.45, 2.75) is 19.9 Å². The highest BCUT2D eigenvalue weighted by Crippen LogP contribution is 2.25. The van der Waals surface area contributed by atoms with Crippen molar-refractivity contribution in [3.63, 3.8) is 0 Å². The Bertz CT molecular complexity index is 635. The Labute approximate surface area is 173 Å². The Morgan fingerprint density at radius 1 is 1.29 bits per heavy atom. The molecule has 2 rings (SSSR count). The topological polar surface area (TPSA) is 45.7 Å². The summed E-state index contributed by atoms with van der Waals surface area (Å²) in [6, 6.07) is 10.3. The van der Waals surface area contributed by atoms with Crippen LogP contribution in [0.1, 0.15) is 17.4 Å². The lowest BCUT2D eigenvalue weighted by molar-refractivity contribution is 0.412. The molecule has 0 aliphatic rings. The molecule has 24 heavy (non-hydrogen) atoms. The predicted molar refractivity (Wildman–Crippen MR) is 117 cm³/mol. The molecule has 7 heteroatoms. The third-order valence-electron chi connectivity index (χ3n) is 3.22. The maximum absolute atomic E-state index is 5.25. The predicted octanol–water partition coefficient (Wildman–Crippen LogP) is 4.44. The first-order valence-corrected chi connectivity index (χ1v) is 9.27. The second-order valence-electron chi connectivity index (χ2n) is 4.92. The third-order valence-corrected chi connectivity index (χ3v) is 4.78. The lowest BCUT2D eigenvalue weighted by Gasteiger charge is -2.11. The molecule has 0 bridgehead atoms. The molecule has 0 fully saturated rings. The van der Waals surface area contributed by atoms with Gasteiger partial charge in [0.2, 0.25) is 0 Å². The van der Waals surface area contributed by atoms with Crippen LogP contribution in [0.2, 0.25) is 0 Å². The van der Waals surface area contributed by atoms with E-state index in [4.69, 9.17) is 4.74 Å². The van der Waals surface area contributed by atoms with Gasteiger partial charge in [0.05, 0.1) is 18.1 Å². The molecular formula is C17H23BrIN3OS. The van der Waals surface area contributed by atoms with Gasteiger partial charge in [0.25, 0.3) is 0 Å². The maximum Gasteiger partial charge on any atom is 0.191 e. The number of ether oxygens (including phenoxy) is 1. The Hall–Kier alpha value is -0.800. The molecule has 0 unspecified atom stereocenters. The van der Waals surface area contributed by atoms with Crippen molar-refractivity contribution in [3.05, 3.63) is 50.6 Å². The van der Waals surface area contributed by atoms with Crippen LogP contribution in [0, 0.1) is 0 Å². The first kappa shape index (κ1) is 21.2. The van der Waals surface area contributed by atoms with Crippen LogP contribution < -0.4 is 15.4 Å². The smallest absolute Gasteiger partial charge is 0.191 e. The van der Waals surface area contributed by atoms with Gasteiger partial charge in [-0.05, 0) is 58.4 Å². The largest absolute Gasteiger partial charge is 0.496 e. The summed E-state index contributed by atoms with van der Waals surface area (Å²) in [7, 11) is 1.67. The van der Waals surface area contributed by atoms with Gasteiger partial charge >= 0.3 is 0 Å². The Morgan fingerprint density at radius 2 is 2.12 bits per heavy atom. The van der Waals surface area contributed by atoms with Gasteiger partial charge in [-0.2, -0.15) is 0 Å². The van der Waals surface area contributed by atoms with Crippen molar-refractivity contribution in [3.8, 4) is 5.75 Å². The van der Waals surface area contributed by atoms with Crippen LogP contribution in [0.25, 0.3) is 0 Å². The standard InChI is InChI=1S/C17H22BrN3OS.HI/c1-3-19-17(20-9-8-14-5-4-10-23-14)21-12-13-6-7-16(22-2)15(18)11-13;/h4-7,10-11H,3,8-9,12H2,1-2H3,(H2,19,20,21);1H. The van der Waals surface area contributed by atoms with Gasteiger partial charge in [0.15, 0.2) is 5.96 Å². The monoisotopic (exact) mass is 523 g/mol. The summed E-state index contributed by atoms with van der Waals surface area (Å²) in [6.07, 6.45) is 1.01. The fourth-order valence-corrected chi connectivity index (χ4v) is 3.38. The summed E-state index contributed by atoms with van der Waals surface area (Å²) in [4.78, 5) is 6.02. The minimum Gasteiger partial charge on any atom is -0.496 e. The summed E-state index contributed by atoms with van der Waals surface area (Å²) in [5.74, 6) is 1.68. The molecule has 0 amide bonds. The molecule has 1 heterocycles. The third kappa shape index (κ3) is 6.98. The van der Waals surface area contributed by atoms with Gasteiger partial charge in [-0.1, -0.05) is 12.1 Å². The number of rotatable bonds is 7. The highest BCUT2D eigenvalue weighted by molar-refractivity contribution is 14.0. The number of hydrogen-bond donors (Lipinski definition) is 2. The molecule has 132 valence electrons. The van der Waals surface area contributed by atoms with Gasteiger partial charge in [-0.3, -0.25) is 0 Å². The highest BCUT2D eigenvalue weighted by Gasteiger charge is 2.02. The van der Waals surface area contributed by atoms with Crippen molar-refractivity contribution >= 4 is 57.2 Å². The SMILES string of the molecule is CCNC(=NCc1ccc(OC)c(Br)c1)NCCc1cccs1.I. The first-order valence-electron chi connectivity index (χ1n) is 7.60. The van der Waals surface area contributed by atoms with E-state index in [2.05, 4.69) is 56.0 Å². The number of aliphatic imine (C=N–C) groups is 1. The normalized spacial score (nSPS) is 10.9. The molecule has 2 N–H and O–H groups in total. The van der Waals surface area contributed by atoms with E-state index in [1.807, 2.05) is 18.2 Å². The molecule has 4 nitrogen and oxygen atoms in total. The molecule has 2 aromatic rings. The number of methoxy groups -OCH3 is 1. The highest BCUT2D eigenvalue weighted by atomic mass is 127. The van der Waals surface area contributed by atoms with E-state index in [1.54, 1.807) is 18.4 Å². The van der Waals surface area contributed by atoms with Crippen LogP contribution in [0.3, 0.4) is 0 Å². The average Bonchev–Trinajstić information content (AvgIpc) is 3.06. The number of guanidine groups is 1. The number of benzene rings is 1. The molecule has 0 aliphatic carbocycles. The molecule has 1 aromatic carbocycles. The van der Waals surface area contributed by atoms with Crippen molar-refractivity contribution < 1.29 is 4.74 Å². The summed E-state index contributed by atoms with van der Waals surface area (Å²) in [5.41, 5.74) is 1.13. The van der Waals surface area contributed by atoms with E-state index >= 15 is 0 Å². The summed E-state index contributed by atoms with van der Waals surface area (Å²) < 4.78 is 6.19. The van der Waals surface area contributed by atoms with Crippen LogP contribution >= 0.6 is 51.2 Å². The van der Waals surface area contributed by atoms with Crippen LogP contribution in [0.4, 0.5) is 0 Å². The Balaban J connectivity index is 0.00000288. The molecule has 0 aliphatic heterocycles. The zero-order valence-corrected chi connectivity index (χ0v) is 18.6. The van der Waals surface area contributed by atoms with Crippen LogP contribution in [0.5, 0.6) is 5.75 Å². The lowest BCUT2D eigenvalue weighted by Crippen LogP contribution is -2.38. The molecule has 1 aromatic heterocycles. The maximum atomic E-state index is 5.25. The summed E-state index contributed by atoms with van der Waals surface area (Å²) in [6.45, 7) is 4.41. The summed E-state index contributed by atoms with van der Waals surface area (Å²) >= 11 is 5.29. The quantitative estimate of drug-likeness (QED) is 0.320. The zero-order chi connectivity index (χ0) is 16.5. The fraction of sp³-hybridized carbons (Fsp3) is 0.353. The minimum atomic E-state index is 0. The molecule has 0 saturated carbocycles. The van der Waals surface area contributed by atoms with Gasteiger partial charge in [0.1, 0.15) is 5.75 Å². The Morgan fingerprint density at radius 3 is 2.75 bits per heavy atom. The van der Waals surface area contributed by atoms with E-state index in [0.29, 0.717) is 6.54 Å².